The fraction of sp³-hybridized carbons (Fsp3) is 0.438. The summed E-state index contributed by atoms with van der Waals surface area (Å²) in [5.41, 5.74) is 6.69. The van der Waals surface area contributed by atoms with Crippen molar-refractivity contribution < 1.29 is 9.59 Å². The molecule has 126 valence electrons. The third-order valence-corrected chi connectivity index (χ3v) is 4.67. The molecular weight excluding hydrogens is 308 g/mol. The highest BCUT2D eigenvalue weighted by Gasteiger charge is 2.38. The molecule has 24 heavy (non-hydrogen) atoms. The van der Waals surface area contributed by atoms with Gasteiger partial charge >= 0.3 is 0 Å². The summed E-state index contributed by atoms with van der Waals surface area (Å²) in [5.74, 6) is 0.482. The number of fused-ring (bicyclic) bond motifs is 1. The van der Waals surface area contributed by atoms with Crippen molar-refractivity contribution >= 4 is 17.8 Å². The number of benzene rings is 1. The van der Waals surface area contributed by atoms with Crippen molar-refractivity contribution in [3.8, 4) is 0 Å². The average Bonchev–Trinajstić information content (AvgIpc) is 3.11. The van der Waals surface area contributed by atoms with Crippen LogP contribution in [-0.2, 0) is 4.79 Å². The molecule has 0 aromatic heterocycles. The van der Waals surface area contributed by atoms with E-state index in [4.69, 9.17) is 0 Å². The van der Waals surface area contributed by atoms with Gasteiger partial charge in [-0.2, -0.15) is 0 Å². The van der Waals surface area contributed by atoms with E-state index < -0.39 is 0 Å². The maximum atomic E-state index is 12.5. The van der Waals surface area contributed by atoms with Crippen molar-refractivity contribution in [1.29, 1.82) is 0 Å². The first-order chi connectivity index (χ1) is 11.7. The molecule has 0 saturated carbocycles. The first-order valence-electron chi connectivity index (χ1n) is 8.19. The lowest BCUT2D eigenvalue weighted by Crippen LogP contribution is -2.58. The van der Waals surface area contributed by atoms with Crippen LogP contribution in [0.5, 0.6) is 0 Å². The lowest BCUT2D eigenvalue weighted by atomic mass is 10.1. The number of carbonyl (C=O) groups excluding carboxylic acids is 2. The number of rotatable bonds is 1. The standard InChI is InChI=1S/C16H20N6O2/c23-14-12-10-17-20-13(12)18-16(19-14)22-8-6-21(7-9-22)15(24)11-4-2-1-3-5-11/h1-5,12-13,17,20H,6-10H2,(H,18,19,23). The van der Waals surface area contributed by atoms with Crippen LogP contribution in [0.1, 0.15) is 10.4 Å². The van der Waals surface area contributed by atoms with E-state index in [0.29, 0.717) is 44.2 Å². The molecule has 2 saturated heterocycles. The van der Waals surface area contributed by atoms with Crippen molar-refractivity contribution in [3.05, 3.63) is 35.9 Å². The van der Waals surface area contributed by atoms with E-state index in [1.807, 2.05) is 40.1 Å². The van der Waals surface area contributed by atoms with Crippen LogP contribution in [0, 0.1) is 5.92 Å². The predicted octanol–water partition coefficient (Wildman–Crippen LogP) is -1.02. The molecule has 0 spiro atoms. The Morgan fingerprint density at radius 1 is 1.12 bits per heavy atom. The Kier molecular flexibility index (Phi) is 3.91. The van der Waals surface area contributed by atoms with E-state index in [0.717, 1.165) is 0 Å². The smallest absolute Gasteiger partial charge is 0.253 e. The summed E-state index contributed by atoms with van der Waals surface area (Å²) in [6, 6.07) is 9.31. The highest BCUT2D eigenvalue weighted by atomic mass is 16.2. The van der Waals surface area contributed by atoms with Gasteiger partial charge in [0.15, 0.2) is 0 Å². The molecule has 0 aliphatic carbocycles. The second-order valence-corrected chi connectivity index (χ2v) is 6.16. The largest absolute Gasteiger partial charge is 0.339 e. The van der Waals surface area contributed by atoms with Gasteiger partial charge in [0.05, 0.1) is 5.92 Å². The Bertz CT molecular complexity index is 668. The maximum absolute atomic E-state index is 12.5. The lowest BCUT2D eigenvalue weighted by Gasteiger charge is -2.38. The molecule has 8 nitrogen and oxygen atoms in total. The first-order valence-corrected chi connectivity index (χ1v) is 8.19. The molecule has 1 aromatic carbocycles. The van der Waals surface area contributed by atoms with Gasteiger partial charge in [0.2, 0.25) is 11.9 Å². The van der Waals surface area contributed by atoms with Crippen LogP contribution < -0.4 is 16.2 Å². The summed E-state index contributed by atoms with van der Waals surface area (Å²) in [7, 11) is 0. The number of hydrogen-bond acceptors (Lipinski definition) is 6. The number of hydrazine groups is 1. The quantitative estimate of drug-likeness (QED) is 0.614. The summed E-state index contributed by atoms with van der Waals surface area (Å²) < 4.78 is 0. The van der Waals surface area contributed by atoms with Gasteiger partial charge < -0.3 is 9.80 Å². The number of hydrogen-bond donors (Lipinski definition) is 3. The fourth-order valence-electron chi connectivity index (χ4n) is 3.26. The molecule has 3 aliphatic heterocycles. The average molecular weight is 328 g/mol. The number of nitrogens with one attached hydrogen (secondary N) is 3. The van der Waals surface area contributed by atoms with E-state index in [2.05, 4.69) is 21.2 Å². The van der Waals surface area contributed by atoms with Gasteiger partial charge in [-0.3, -0.25) is 20.3 Å². The molecule has 0 bridgehead atoms. The normalized spacial score (nSPS) is 26.7. The van der Waals surface area contributed by atoms with Gasteiger partial charge in [-0.25, -0.2) is 10.4 Å². The van der Waals surface area contributed by atoms with Crippen molar-refractivity contribution in [2.45, 2.75) is 6.17 Å². The van der Waals surface area contributed by atoms with Gasteiger partial charge in [0, 0.05) is 38.3 Å². The summed E-state index contributed by atoms with van der Waals surface area (Å²) in [6.45, 7) is 3.13. The van der Waals surface area contributed by atoms with Crippen LogP contribution in [0.25, 0.3) is 0 Å². The maximum Gasteiger partial charge on any atom is 0.253 e. The monoisotopic (exact) mass is 328 g/mol. The summed E-state index contributed by atoms with van der Waals surface area (Å²) >= 11 is 0. The molecule has 2 fully saturated rings. The number of guanidine groups is 1. The molecule has 3 heterocycles. The third kappa shape index (κ3) is 2.74. The summed E-state index contributed by atoms with van der Waals surface area (Å²) in [5, 5.41) is 2.89. The van der Waals surface area contributed by atoms with Crippen LogP contribution in [0.3, 0.4) is 0 Å². The van der Waals surface area contributed by atoms with Crippen LogP contribution in [-0.4, -0.2) is 66.5 Å². The van der Waals surface area contributed by atoms with Crippen LogP contribution >= 0.6 is 0 Å². The minimum Gasteiger partial charge on any atom is -0.339 e. The Morgan fingerprint density at radius 2 is 1.88 bits per heavy atom. The molecule has 2 amide bonds. The Hall–Kier alpha value is -2.45. The number of amides is 2. The second kappa shape index (κ2) is 6.21. The fourth-order valence-corrected chi connectivity index (χ4v) is 3.26. The highest BCUT2D eigenvalue weighted by Crippen LogP contribution is 2.16. The third-order valence-electron chi connectivity index (χ3n) is 4.67. The number of carbonyl (C=O) groups is 2. The van der Waals surface area contributed by atoms with E-state index >= 15 is 0 Å². The number of nitrogens with zero attached hydrogens (tertiary/aromatic N) is 3. The molecule has 4 rings (SSSR count). The minimum absolute atomic E-state index is 0.00899. The molecule has 2 atom stereocenters. The van der Waals surface area contributed by atoms with Crippen molar-refractivity contribution in [1.82, 2.24) is 26.0 Å². The highest BCUT2D eigenvalue weighted by molar-refractivity contribution is 6.00. The molecule has 0 radical (unpaired) electrons. The molecular formula is C16H20N6O2. The predicted molar refractivity (Wildman–Crippen MR) is 87.9 cm³/mol. The van der Waals surface area contributed by atoms with Gasteiger partial charge in [-0.1, -0.05) is 18.2 Å². The van der Waals surface area contributed by atoms with Gasteiger partial charge in [-0.05, 0) is 12.1 Å². The molecule has 2 unspecified atom stereocenters. The first kappa shape index (κ1) is 15.1. The van der Waals surface area contributed by atoms with Crippen molar-refractivity contribution in [2.75, 3.05) is 32.7 Å². The van der Waals surface area contributed by atoms with Gasteiger partial charge in [0.25, 0.3) is 5.91 Å². The molecule has 1 aromatic rings. The van der Waals surface area contributed by atoms with E-state index in [1.54, 1.807) is 0 Å². The zero-order chi connectivity index (χ0) is 16.5. The Labute approximate surface area is 139 Å². The molecule has 3 N–H and O–H groups in total. The minimum atomic E-state index is -0.210. The van der Waals surface area contributed by atoms with Crippen molar-refractivity contribution in [2.24, 2.45) is 10.9 Å². The van der Waals surface area contributed by atoms with Crippen LogP contribution in [0.2, 0.25) is 0 Å². The zero-order valence-electron chi connectivity index (χ0n) is 13.2. The van der Waals surface area contributed by atoms with Crippen molar-refractivity contribution in [3.63, 3.8) is 0 Å². The zero-order valence-corrected chi connectivity index (χ0v) is 13.2. The lowest BCUT2D eigenvalue weighted by molar-refractivity contribution is -0.124. The number of aliphatic imine (C=N–C) groups is 1. The van der Waals surface area contributed by atoms with E-state index in [-0.39, 0.29) is 23.9 Å². The summed E-state index contributed by atoms with van der Waals surface area (Å²) in [6.07, 6.45) is -0.210. The second-order valence-electron chi connectivity index (χ2n) is 6.16. The topological polar surface area (TPSA) is 89.1 Å². The van der Waals surface area contributed by atoms with E-state index in [9.17, 15) is 9.59 Å². The van der Waals surface area contributed by atoms with Crippen LogP contribution in [0.15, 0.2) is 35.3 Å². The molecule has 3 aliphatic rings. The Morgan fingerprint density at radius 3 is 2.62 bits per heavy atom. The van der Waals surface area contributed by atoms with Gasteiger partial charge in [0.1, 0.15) is 6.17 Å². The molecule has 8 heteroatoms. The summed E-state index contributed by atoms with van der Waals surface area (Å²) in [4.78, 5) is 33.0. The van der Waals surface area contributed by atoms with Gasteiger partial charge in [-0.15, -0.1) is 0 Å². The van der Waals surface area contributed by atoms with Crippen LogP contribution in [0.4, 0.5) is 0 Å². The number of piperazine rings is 1. The Balaban J connectivity index is 1.40. The SMILES string of the molecule is O=C1NC(N2CCN(C(=O)c3ccccc3)CC2)=NC2NNCC12. The van der Waals surface area contributed by atoms with E-state index in [1.165, 1.54) is 0 Å².